The van der Waals surface area contributed by atoms with Crippen LogP contribution in [0, 0.1) is 35.5 Å². The van der Waals surface area contributed by atoms with E-state index in [0.29, 0.717) is 49.7 Å². The highest BCUT2D eigenvalue weighted by molar-refractivity contribution is 5.87. The summed E-state index contributed by atoms with van der Waals surface area (Å²) in [5, 5.41) is 3.39. The Balaban J connectivity index is 0.000000247. The van der Waals surface area contributed by atoms with Crippen LogP contribution in [-0.2, 0) is 33.3 Å². The molecule has 3 aliphatic heterocycles. The average molecular weight is 820 g/mol. The second-order valence-corrected chi connectivity index (χ2v) is 20.4. The van der Waals surface area contributed by atoms with E-state index in [1.807, 2.05) is 41.5 Å². The molecule has 4 atom stereocenters. The van der Waals surface area contributed by atoms with Crippen molar-refractivity contribution >= 4 is 29.9 Å². The molecule has 2 aliphatic carbocycles. The van der Waals surface area contributed by atoms with Gasteiger partial charge >= 0.3 is 24.1 Å². The van der Waals surface area contributed by atoms with E-state index in [2.05, 4.69) is 33.0 Å². The Morgan fingerprint density at radius 1 is 0.655 bits per heavy atom. The molecule has 0 aromatic carbocycles. The SMILES string of the molecule is CC(C)(C)OC(=O)N1CCC(=O)C1.CC(C)C[C@H](CC1CCN(C(=O)OC(C)(C)C)C1)C(=O)OC1CCCC1.CC(C)C[C@H](CC1CCNC1)C(=O)OC1CCCC1. The van der Waals surface area contributed by atoms with Gasteiger partial charge in [0.15, 0.2) is 5.78 Å². The summed E-state index contributed by atoms with van der Waals surface area (Å²) in [7, 11) is 0. The molecule has 2 unspecified atom stereocenters. The second-order valence-electron chi connectivity index (χ2n) is 20.4. The van der Waals surface area contributed by atoms with E-state index in [0.717, 1.165) is 70.9 Å². The number of ketones is 1. The van der Waals surface area contributed by atoms with Crippen molar-refractivity contribution in [3.8, 4) is 0 Å². The van der Waals surface area contributed by atoms with Gasteiger partial charge in [0.2, 0.25) is 0 Å². The number of nitrogens with one attached hydrogen (secondary N) is 1. The van der Waals surface area contributed by atoms with Crippen LogP contribution < -0.4 is 5.32 Å². The fourth-order valence-corrected chi connectivity index (χ4v) is 8.60. The number of carbonyl (C=O) groups is 5. The molecule has 12 heteroatoms. The average Bonchev–Trinajstić information content (AvgIpc) is 3.95. The predicted molar refractivity (Wildman–Crippen MR) is 226 cm³/mol. The second kappa shape index (κ2) is 23.8. The fraction of sp³-hybridized carbons (Fsp3) is 0.891. The number of Topliss-reactive ketones (excluding diaryl/α,β-unsaturated/α-hetero) is 1. The van der Waals surface area contributed by atoms with Gasteiger partial charge in [-0.05, 0) is 168 Å². The minimum absolute atomic E-state index is 0.0266. The lowest BCUT2D eigenvalue weighted by Crippen LogP contribution is -2.35. The molecular weight excluding hydrogens is 739 g/mol. The highest BCUT2D eigenvalue weighted by atomic mass is 16.6. The molecule has 2 saturated carbocycles. The highest BCUT2D eigenvalue weighted by Crippen LogP contribution is 2.31. The van der Waals surface area contributed by atoms with Gasteiger partial charge in [-0.2, -0.15) is 0 Å². The molecular formula is C46H81N3O9. The molecule has 3 heterocycles. The minimum atomic E-state index is -0.483. The third-order valence-corrected chi connectivity index (χ3v) is 11.4. The lowest BCUT2D eigenvalue weighted by molar-refractivity contribution is -0.156. The van der Waals surface area contributed by atoms with Crippen molar-refractivity contribution in [1.82, 2.24) is 15.1 Å². The van der Waals surface area contributed by atoms with Crippen LogP contribution in [0.1, 0.15) is 166 Å². The summed E-state index contributed by atoms with van der Waals surface area (Å²) in [6, 6.07) is 0. The van der Waals surface area contributed by atoms with E-state index in [-0.39, 0.29) is 54.4 Å². The van der Waals surface area contributed by atoms with Crippen molar-refractivity contribution in [3.05, 3.63) is 0 Å². The molecule has 0 radical (unpaired) electrons. The summed E-state index contributed by atoms with van der Waals surface area (Å²) in [6.45, 7) is 24.0. The summed E-state index contributed by atoms with van der Waals surface area (Å²) in [4.78, 5) is 62.8. The van der Waals surface area contributed by atoms with E-state index in [1.54, 1.807) is 4.90 Å². The van der Waals surface area contributed by atoms with Gasteiger partial charge < -0.3 is 34.1 Å². The van der Waals surface area contributed by atoms with Gasteiger partial charge in [0.05, 0.1) is 18.4 Å². The van der Waals surface area contributed by atoms with E-state index >= 15 is 0 Å². The number of likely N-dealkylation sites (tertiary alicyclic amines) is 2. The molecule has 0 bridgehead atoms. The zero-order chi connectivity index (χ0) is 43.0. The number of hydrogen-bond donors (Lipinski definition) is 1. The number of ether oxygens (including phenoxy) is 4. The zero-order valence-corrected chi connectivity index (χ0v) is 38.0. The van der Waals surface area contributed by atoms with Gasteiger partial charge in [-0.3, -0.25) is 14.4 Å². The van der Waals surface area contributed by atoms with Gasteiger partial charge in [-0.15, -0.1) is 0 Å². The van der Waals surface area contributed by atoms with Crippen LogP contribution in [-0.4, -0.2) is 102 Å². The Morgan fingerprint density at radius 2 is 1.12 bits per heavy atom. The Morgan fingerprint density at radius 3 is 1.52 bits per heavy atom. The summed E-state index contributed by atoms with van der Waals surface area (Å²) in [6.07, 6.45) is 14.9. The molecule has 12 nitrogen and oxygen atoms in total. The van der Waals surface area contributed by atoms with Gasteiger partial charge in [-0.1, -0.05) is 27.7 Å². The molecule has 2 amide bonds. The van der Waals surface area contributed by atoms with Crippen LogP contribution in [0.3, 0.4) is 0 Å². The molecule has 0 spiro atoms. The lowest BCUT2D eigenvalue weighted by atomic mass is 9.87. The van der Waals surface area contributed by atoms with Crippen molar-refractivity contribution in [2.45, 2.75) is 189 Å². The molecule has 334 valence electrons. The predicted octanol–water partition coefficient (Wildman–Crippen LogP) is 9.11. The standard InChI is InChI=1S/C21H37NO4.C16H29NO2.C9H15NO3/c1-15(2)12-17(19(23)25-18-8-6-7-9-18)13-16-10-11-22(14-16)20(24)26-21(3,4)5;1-12(2)9-14(10-13-7-8-17-11-13)16(18)19-15-5-3-4-6-15;1-9(2,3)13-8(12)10-5-4-7(11)6-10/h15-18H,6-14H2,1-5H3;12-15,17H,3-11H2,1-2H3;4-6H2,1-3H3/t16?,17-;13?,14-;/m11./s1. The summed E-state index contributed by atoms with van der Waals surface area (Å²) < 4.78 is 22.1. The van der Waals surface area contributed by atoms with Crippen LogP contribution in [0.4, 0.5) is 9.59 Å². The van der Waals surface area contributed by atoms with Crippen molar-refractivity contribution in [3.63, 3.8) is 0 Å². The van der Waals surface area contributed by atoms with Gasteiger partial charge in [0.25, 0.3) is 0 Å². The summed E-state index contributed by atoms with van der Waals surface area (Å²) in [5.74, 6) is 2.25. The maximum Gasteiger partial charge on any atom is 0.410 e. The zero-order valence-electron chi connectivity index (χ0n) is 38.0. The maximum absolute atomic E-state index is 12.7. The van der Waals surface area contributed by atoms with E-state index in [4.69, 9.17) is 18.9 Å². The van der Waals surface area contributed by atoms with Crippen LogP contribution in [0.25, 0.3) is 0 Å². The van der Waals surface area contributed by atoms with E-state index in [1.165, 1.54) is 37.0 Å². The van der Waals surface area contributed by atoms with Crippen molar-refractivity contribution in [2.75, 3.05) is 39.3 Å². The van der Waals surface area contributed by atoms with Gasteiger partial charge in [0, 0.05) is 26.1 Å². The largest absolute Gasteiger partial charge is 0.462 e. The molecule has 3 saturated heterocycles. The summed E-state index contributed by atoms with van der Waals surface area (Å²) >= 11 is 0. The maximum atomic E-state index is 12.7. The fourth-order valence-electron chi connectivity index (χ4n) is 8.60. The van der Waals surface area contributed by atoms with Gasteiger partial charge in [-0.25, -0.2) is 9.59 Å². The Hall–Kier alpha value is -2.89. The number of rotatable bonds is 12. The van der Waals surface area contributed by atoms with E-state index < -0.39 is 17.3 Å². The minimum Gasteiger partial charge on any atom is -0.462 e. The first-order chi connectivity index (χ1) is 27.2. The van der Waals surface area contributed by atoms with Crippen LogP contribution in [0.15, 0.2) is 0 Å². The first-order valence-electron chi connectivity index (χ1n) is 22.8. The molecule has 5 fully saturated rings. The van der Waals surface area contributed by atoms with E-state index in [9.17, 15) is 24.0 Å². The quantitative estimate of drug-likeness (QED) is 0.150. The first-order valence-corrected chi connectivity index (χ1v) is 22.8. The number of nitrogens with zero attached hydrogens (tertiary/aromatic N) is 2. The monoisotopic (exact) mass is 820 g/mol. The highest BCUT2D eigenvalue weighted by Gasteiger charge is 2.35. The normalized spacial score (nSPS) is 22.7. The Labute approximate surface area is 350 Å². The van der Waals surface area contributed by atoms with Crippen molar-refractivity contribution in [1.29, 1.82) is 0 Å². The number of hydrogen-bond acceptors (Lipinski definition) is 10. The molecule has 58 heavy (non-hydrogen) atoms. The lowest BCUT2D eigenvalue weighted by Gasteiger charge is -2.25. The third kappa shape index (κ3) is 19.4. The smallest absolute Gasteiger partial charge is 0.410 e. The molecule has 0 aromatic heterocycles. The summed E-state index contributed by atoms with van der Waals surface area (Å²) in [5.41, 5.74) is -0.955. The number of amides is 2. The number of carbonyl (C=O) groups excluding carboxylic acids is 5. The first kappa shape index (κ1) is 49.5. The van der Waals surface area contributed by atoms with Crippen molar-refractivity contribution < 1.29 is 42.9 Å². The Bertz CT molecular complexity index is 1290. The van der Waals surface area contributed by atoms with Crippen molar-refractivity contribution in [2.24, 2.45) is 35.5 Å². The topological polar surface area (TPSA) is 141 Å². The third-order valence-electron chi connectivity index (χ3n) is 11.4. The molecule has 1 N–H and O–H groups in total. The van der Waals surface area contributed by atoms with Crippen LogP contribution in [0.2, 0.25) is 0 Å². The van der Waals surface area contributed by atoms with Crippen LogP contribution in [0.5, 0.6) is 0 Å². The molecule has 5 rings (SSSR count). The Kier molecular flexibility index (Phi) is 20.3. The van der Waals surface area contributed by atoms with Crippen LogP contribution >= 0.6 is 0 Å². The van der Waals surface area contributed by atoms with Gasteiger partial charge in [0.1, 0.15) is 23.4 Å². The molecule has 0 aromatic rings. The molecule has 5 aliphatic rings. The number of esters is 2.